The molecule has 1 aliphatic rings. The Labute approximate surface area is 194 Å². The van der Waals surface area contributed by atoms with Crippen LogP contribution in [0.2, 0.25) is 0 Å². The van der Waals surface area contributed by atoms with Crippen LogP contribution < -0.4 is 113 Å². The van der Waals surface area contributed by atoms with E-state index in [1.165, 1.54) is 0 Å². The standard InChI is InChI=1S/C9H9NOS.CH2O3.2K/c11-8-3-1-2-7(4-8)9-5-10-6-12-9;2-1(3)4;;/h4-6H,1-3H2;(H2,2,3,4);;/q;;2*+1/p-2. The second-order valence-electron chi connectivity index (χ2n) is 3.11. The van der Waals surface area contributed by atoms with E-state index in [1.54, 1.807) is 22.9 Å². The normalized spacial score (nSPS) is 13.1. The number of hydrogen-bond donors (Lipinski definition) is 0. The van der Waals surface area contributed by atoms with Crippen molar-refractivity contribution in [2.45, 2.75) is 19.3 Å². The first kappa shape index (κ1) is 21.9. The van der Waals surface area contributed by atoms with Crippen molar-refractivity contribution in [1.29, 1.82) is 0 Å². The molecule has 86 valence electrons. The van der Waals surface area contributed by atoms with Crippen molar-refractivity contribution < 1.29 is 123 Å². The van der Waals surface area contributed by atoms with E-state index < -0.39 is 6.16 Å². The number of carbonyl (C=O) groups is 2. The maximum absolute atomic E-state index is 11.1. The van der Waals surface area contributed by atoms with Gasteiger partial charge in [0.25, 0.3) is 0 Å². The fourth-order valence-corrected chi connectivity index (χ4v) is 2.03. The molecule has 1 heterocycles. The van der Waals surface area contributed by atoms with Gasteiger partial charge < -0.3 is 15.0 Å². The predicted octanol–water partition coefficient (Wildman–Crippen LogP) is -6.16. The molecule has 2 rings (SSSR count). The number of allylic oxidation sites excluding steroid dienone is 2. The molecule has 0 saturated carbocycles. The molecule has 0 N–H and O–H groups in total. The number of rotatable bonds is 1. The van der Waals surface area contributed by atoms with Crippen LogP contribution in [0.1, 0.15) is 24.1 Å². The number of ketones is 1. The SMILES string of the molecule is O=C([O-])[O-].O=C1C=C(c2cncs2)CCC1.[K+].[K+]. The molecule has 18 heavy (non-hydrogen) atoms. The van der Waals surface area contributed by atoms with E-state index in [1.807, 2.05) is 6.20 Å². The molecular weight excluding hydrogens is 308 g/mol. The zero-order valence-electron chi connectivity index (χ0n) is 10.3. The van der Waals surface area contributed by atoms with Crippen LogP contribution >= 0.6 is 11.3 Å². The molecule has 0 radical (unpaired) electrons. The average molecular weight is 317 g/mol. The van der Waals surface area contributed by atoms with Crippen LogP contribution in [0.4, 0.5) is 4.79 Å². The van der Waals surface area contributed by atoms with Crippen LogP contribution in [0, 0.1) is 0 Å². The number of carboxylic acid groups (broad SMARTS) is 2. The van der Waals surface area contributed by atoms with Crippen molar-refractivity contribution >= 4 is 28.8 Å². The van der Waals surface area contributed by atoms with Gasteiger partial charge in [0.2, 0.25) is 0 Å². The van der Waals surface area contributed by atoms with E-state index in [-0.39, 0.29) is 109 Å². The van der Waals surface area contributed by atoms with Gasteiger partial charge in [0, 0.05) is 12.6 Å². The van der Waals surface area contributed by atoms with Gasteiger partial charge >= 0.3 is 103 Å². The summed E-state index contributed by atoms with van der Waals surface area (Å²) in [6, 6.07) is 0. The molecule has 0 unspecified atom stereocenters. The fraction of sp³-hybridized carbons (Fsp3) is 0.300. The molecule has 0 atom stereocenters. The van der Waals surface area contributed by atoms with Crippen molar-refractivity contribution in [2.75, 3.05) is 0 Å². The van der Waals surface area contributed by atoms with Gasteiger partial charge in [0.1, 0.15) is 0 Å². The van der Waals surface area contributed by atoms with Gasteiger partial charge in [-0.15, -0.1) is 11.3 Å². The third kappa shape index (κ3) is 9.48. The molecule has 0 aromatic carbocycles. The van der Waals surface area contributed by atoms with E-state index in [0.29, 0.717) is 6.42 Å². The minimum atomic E-state index is -2.33. The van der Waals surface area contributed by atoms with Crippen molar-refractivity contribution in [1.82, 2.24) is 4.98 Å². The monoisotopic (exact) mass is 317 g/mol. The Kier molecular flexibility index (Phi) is 15.0. The first-order valence-corrected chi connectivity index (χ1v) is 5.48. The second-order valence-corrected chi connectivity index (χ2v) is 3.99. The van der Waals surface area contributed by atoms with Crippen LogP contribution in [0.5, 0.6) is 0 Å². The summed E-state index contributed by atoms with van der Waals surface area (Å²) in [6.45, 7) is 0. The third-order valence-corrected chi connectivity index (χ3v) is 2.80. The van der Waals surface area contributed by atoms with Gasteiger partial charge in [-0.3, -0.25) is 9.78 Å². The summed E-state index contributed by atoms with van der Waals surface area (Å²) in [4.78, 5) is 24.5. The summed E-state index contributed by atoms with van der Waals surface area (Å²) in [6.07, 6.45) is 3.98. The smallest absolute Gasteiger partial charge is 0.652 e. The van der Waals surface area contributed by atoms with E-state index >= 15 is 0 Å². The van der Waals surface area contributed by atoms with Gasteiger partial charge in [-0.1, -0.05) is 0 Å². The quantitative estimate of drug-likeness (QED) is 0.481. The van der Waals surface area contributed by atoms with Crippen molar-refractivity contribution in [2.24, 2.45) is 0 Å². The molecule has 0 spiro atoms. The van der Waals surface area contributed by atoms with Gasteiger partial charge in [0.15, 0.2) is 5.78 Å². The summed E-state index contributed by atoms with van der Waals surface area (Å²) < 4.78 is 0. The summed E-state index contributed by atoms with van der Waals surface area (Å²) >= 11 is 1.60. The van der Waals surface area contributed by atoms with Gasteiger partial charge in [-0.05, 0) is 30.6 Å². The molecule has 0 fully saturated rings. The molecule has 1 aromatic heterocycles. The van der Waals surface area contributed by atoms with E-state index in [9.17, 15) is 4.79 Å². The molecule has 8 heteroatoms. The zero-order valence-corrected chi connectivity index (χ0v) is 17.4. The maximum Gasteiger partial charge on any atom is 1.00 e. The molecule has 0 aliphatic heterocycles. The van der Waals surface area contributed by atoms with Crippen LogP contribution in [0.3, 0.4) is 0 Å². The zero-order chi connectivity index (χ0) is 12.0. The Morgan fingerprint density at radius 1 is 1.28 bits per heavy atom. The molecule has 1 aliphatic carbocycles. The summed E-state index contributed by atoms with van der Waals surface area (Å²) in [7, 11) is 0. The predicted molar refractivity (Wildman–Crippen MR) is 54.3 cm³/mol. The van der Waals surface area contributed by atoms with Crippen LogP contribution in [-0.2, 0) is 4.79 Å². The van der Waals surface area contributed by atoms with E-state index in [2.05, 4.69) is 4.98 Å². The Morgan fingerprint density at radius 2 is 1.89 bits per heavy atom. The van der Waals surface area contributed by atoms with E-state index in [4.69, 9.17) is 15.0 Å². The average Bonchev–Trinajstić information content (AvgIpc) is 2.69. The minimum Gasteiger partial charge on any atom is -0.652 e. The van der Waals surface area contributed by atoms with Crippen LogP contribution in [0.25, 0.3) is 5.57 Å². The molecule has 0 amide bonds. The number of aromatic nitrogens is 1. The van der Waals surface area contributed by atoms with Crippen LogP contribution in [-0.4, -0.2) is 16.9 Å². The maximum atomic E-state index is 11.1. The topological polar surface area (TPSA) is 93.1 Å². The third-order valence-electron chi connectivity index (χ3n) is 1.95. The molecule has 5 nitrogen and oxygen atoms in total. The Bertz CT molecular complexity index is 402. The first-order valence-electron chi connectivity index (χ1n) is 4.60. The van der Waals surface area contributed by atoms with Gasteiger partial charge in [-0.25, -0.2) is 0 Å². The molecule has 1 aromatic rings. The van der Waals surface area contributed by atoms with Gasteiger partial charge in [0.05, 0.1) is 10.4 Å². The number of carbonyl (C=O) groups excluding carboxylic acids is 2. The first-order chi connectivity index (χ1) is 7.59. The number of hydrogen-bond acceptors (Lipinski definition) is 6. The summed E-state index contributed by atoms with van der Waals surface area (Å²) in [5.41, 5.74) is 2.96. The number of nitrogens with zero attached hydrogens (tertiary/aromatic N) is 1. The Morgan fingerprint density at radius 3 is 2.33 bits per heavy atom. The Hall–Kier alpha value is 1.58. The molecular formula is C10H9K2NO4S. The van der Waals surface area contributed by atoms with Crippen molar-refractivity contribution in [3.05, 3.63) is 22.7 Å². The minimum absolute atomic E-state index is 0. The second kappa shape index (κ2) is 12.3. The molecule has 0 saturated heterocycles. The van der Waals surface area contributed by atoms with Crippen LogP contribution in [0.15, 0.2) is 17.8 Å². The Balaban J connectivity index is 0. The summed E-state index contributed by atoms with van der Waals surface area (Å²) in [5, 5.41) is 16.7. The number of thiazole rings is 1. The molecule has 0 bridgehead atoms. The van der Waals surface area contributed by atoms with E-state index in [0.717, 1.165) is 23.3 Å². The van der Waals surface area contributed by atoms with Crippen molar-refractivity contribution in [3.8, 4) is 0 Å². The summed E-state index contributed by atoms with van der Waals surface area (Å²) in [5.74, 6) is 0.254. The van der Waals surface area contributed by atoms with Gasteiger partial charge in [-0.2, -0.15) is 0 Å². The van der Waals surface area contributed by atoms with Crippen molar-refractivity contribution in [3.63, 3.8) is 0 Å². The fourth-order valence-electron chi connectivity index (χ4n) is 1.36. The largest absolute Gasteiger partial charge is 1.00 e.